The molecule has 2 N–H and O–H groups in total. The molecule has 0 spiro atoms. The first kappa shape index (κ1) is 14.9. The number of nitro groups is 1. The Kier molecular flexibility index (Phi) is 4.83. The number of nitrogens with zero attached hydrogens (tertiary/aromatic N) is 2. The molecule has 0 aliphatic heterocycles. The van der Waals surface area contributed by atoms with E-state index in [0.29, 0.717) is 18.7 Å². The van der Waals surface area contributed by atoms with E-state index in [1.54, 1.807) is 17.6 Å². The molecule has 1 aromatic carbocycles. The number of thiazole rings is 1. The van der Waals surface area contributed by atoms with Gasteiger partial charge in [0.05, 0.1) is 16.1 Å². The zero-order valence-electron chi connectivity index (χ0n) is 11.3. The average Bonchev–Trinajstić information content (AvgIpc) is 2.99. The molecular formula is C13H14N4O3S. The molecule has 0 saturated carbocycles. The number of nitrogens with one attached hydrogen (secondary N) is 2. The summed E-state index contributed by atoms with van der Waals surface area (Å²) >= 11 is 1.51. The molecule has 0 bridgehead atoms. The van der Waals surface area contributed by atoms with Crippen molar-refractivity contribution in [1.82, 2.24) is 10.3 Å². The highest BCUT2D eigenvalue weighted by molar-refractivity contribution is 7.07. The van der Waals surface area contributed by atoms with Gasteiger partial charge in [0.1, 0.15) is 5.69 Å². The molecule has 0 radical (unpaired) electrons. The molecule has 0 atom stereocenters. The van der Waals surface area contributed by atoms with E-state index >= 15 is 0 Å². The maximum absolute atomic E-state index is 11.5. The molecule has 8 heteroatoms. The second-order valence-corrected chi connectivity index (χ2v) is 4.94. The van der Waals surface area contributed by atoms with E-state index in [4.69, 9.17) is 0 Å². The molecule has 21 heavy (non-hydrogen) atoms. The zero-order chi connectivity index (χ0) is 15.2. The number of hydrogen-bond acceptors (Lipinski definition) is 6. The maximum atomic E-state index is 11.5. The lowest BCUT2D eigenvalue weighted by atomic mass is 10.1. The van der Waals surface area contributed by atoms with Crippen LogP contribution in [0.5, 0.6) is 0 Å². The van der Waals surface area contributed by atoms with E-state index in [1.165, 1.54) is 24.5 Å². The fourth-order valence-electron chi connectivity index (χ4n) is 1.80. The van der Waals surface area contributed by atoms with Gasteiger partial charge >= 0.3 is 0 Å². The van der Waals surface area contributed by atoms with Crippen molar-refractivity contribution in [1.29, 1.82) is 0 Å². The largest absolute Gasteiger partial charge is 0.379 e. The number of hydrogen-bond donors (Lipinski definition) is 2. The van der Waals surface area contributed by atoms with E-state index < -0.39 is 4.92 Å². The lowest BCUT2D eigenvalue weighted by Gasteiger charge is -2.07. The SMILES string of the molecule is CNC(=O)c1ccc(NCCc2cscn2)c([N+](=O)[O-])c1. The lowest BCUT2D eigenvalue weighted by molar-refractivity contribution is -0.384. The number of anilines is 1. The van der Waals surface area contributed by atoms with Crippen molar-refractivity contribution in [2.24, 2.45) is 0 Å². The Morgan fingerprint density at radius 1 is 1.48 bits per heavy atom. The summed E-state index contributed by atoms with van der Waals surface area (Å²) in [5, 5.41) is 18.5. The van der Waals surface area contributed by atoms with Gasteiger partial charge in [-0.1, -0.05) is 0 Å². The predicted octanol–water partition coefficient (Wildman–Crippen LogP) is 2.07. The maximum Gasteiger partial charge on any atom is 0.293 e. The third-order valence-electron chi connectivity index (χ3n) is 2.86. The third-order valence-corrected chi connectivity index (χ3v) is 3.50. The molecule has 1 heterocycles. The Balaban J connectivity index is 2.11. The van der Waals surface area contributed by atoms with Crippen LogP contribution in [0.4, 0.5) is 11.4 Å². The van der Waals surface area contributed by atoms with E-state index in [2.05, 4.69) is 15.6 Å². The monoisotopic (exact) mass is 306 g/mol. The summed E-state index contributed by atoms with van der Waals surface area (Å²) in [4.78, 5) is 26.3. The van der Waals surface area contributed by atoms with Crippen molar-refractivity contribution in [3.8, 4) is 0 Å². The van der Waals surface area contributed by atoms with Gasteiger partial charge in [-0.05, 0) is 12.1 Å². The molecule has 0 fully saturated rings. The van der Waals surface area contributed by atoms with Crippen LogP contribution in [0.3, 0.4) is 0 Å². The van der Waals surface area contributed by atoms with Crippen LogP contribution in [0.15, 0.2) is 29.1 Å². The van der Waals surface area contributed by atoms with E-state index in [-0.39, 0.29) is 17.2 Å². The molecule has 0 aliphatic carbocycles. The van der Waals surface area contributed by atoms with Crippen LogP contribution < -0.4 is 10.6 Å². The van der Waals surface area contributed by atoms with E-state index in [1.807, 2.05) is 5.38 Å². The summed E-state index contributed by atoms with van der Waals surface area (Å²) in [6.07, 6.45) is 0.678. The van der Waals surface area contributed by atoms with Crippen molar-refractivity contribution in [2.75, 3.05) is 18.9 Å². The summed E-state index contributed by atoms with van der Waals surface area (Å²) in [7, 11) is 1.48. The van der Waals surface area contributed by atoms with Crippen LogP contribution >= 0.6 is 11.3 Å². The van der Waals surface area contributed by atoms with Crippen LogP contribution in [0.25, 0.3) is 0 Å². The quantitative estimate of drug-likeness (QED) is 0.629. The highest BCUT2D eigenvalue weighted by Crippen LogP contribution is 2.25. The van der Waals surface area contributed by atoms with Gasteiger partial charge in [0, 0.05) is 37.0 Å². The van der Waals surface area contributed by atoms with Gasteiger partial charge in [-0.3, -0.25) is 14.9 Å². The number of aromatic nitrogens is 1. The van der Waals surface area contributed by atoms with Crippen molar-refractivity contribution >= 4 is 28.6 Å². The molecular weight excluding hydrogens is 292 g/mol. The standard InChI is InChI=1S/C13H14N4O3S/c1-14-13(18)9-2-3-11(12(6-9)17(19)20)15-5-4-10-7-21-8-16-10/h2-3,6-8,15H,4-5H2,1H3,(H,14,18). The fraction of sp³-hybridized carbons (Fsp3) is 0.231. The number of amides is 1. The summed E-state index contributed by atoms with van der Waals surface area (Å²) in [6, 6.07) is 4.37. The normalized spacial score (nSPS) is 10.1. The Labute approximate surface area is 125 Å². The van der Waals surface area contributed by atoms with Crippen LogP contribution in [0.2, 0.25) is 0 Å². The third kappa shape index (κ3) is 3.76. The van der Waals surface area contributed by atoms with Crippen molar-refractivity contribution in [2.45, 2.75) is 6.42 Å². The van der Waals surface area contributed by atoms with Gasteiger partial charge in [0.2, 0.25) is 0 Å². The van der Waals surface area contributed by atoms with Gasteiger partial charge in [-0.25, -0.2) is 4.98 Å². The minimum absolute atomic E-state index is 0.116. The van der Waals surface area contributed by atoms with Gasteiger partial charge in [-0.2, -0.15) is 0 Å². The smallest absolute Gasteiger partial charge is 0.293 e. The number of nitro benzene ring substituents is 1. The molecule has 0 aliphatic rings. The van der Waals surface area contributed by atoms with Crippen molar-refractivity contribution in [3.05, 3.63) is 50.5 Å². The summed E-state index contributed by atoms with van der Waals surface area (Å²) in [5.74, 6) is -0.355. The average molecular weight is 306 g/mol. The van der Waals surface area contributed by atoms with Crippen molar-refractivity contribution < 1.29 is 9.72 Å². The first-order valence-corrected chi connectivity index (χ1v) is 7.17. The van der Waals surface area contributed by atoms with Crippen LogP contribution in [0, 0.1) is 10.1 Å². The summed E-state index contributed by atoms with van der Waals surface area (Å²) in [5.41, 5.74) is 3.22. The number of benzene rings is 1. The fourth-order valence-corrected chi connectivity index (χ4v) is 2.40. The Hall–Kier alpha value is -2.48. The number of carbonyl (C=O) groups is 1. The van der Waals surface area contributed by atoms with Gasteiger partial charge in [0.25, 0.3) is 11.6 Å². The molecule has 2 aromatic rings. The zero-order valence-corrected chi connectivity index (χ0v) is 12.1. The predicted molar refractivity (Wildman–Crippen MR) is 80.8 cm³/mol. The molecule has 2 rings (SSSR count). The van der Waals surface area contributed by atoms with Crippen LogP contribution in [-0.2, 0) is 6.42 Å². The molecule has 0 unspecified atom stereocenters. The highest BCUT2D eigenvalue weighted by atomic mass is 32.1. The minimum Gasteiger partial charge on any atom is -0.379 e. The topological polar surface area (TPSA) is 97.2 Å². The number of rotatable bonds is 6. The Morgan fingerprint density at radius 3 is 2.90 bits per heavy atom. The second kappa shape index (κ2) is 6.80. The summed E-state index contributed by atoms with van der Waals surface area (Å²) < 4.78 is 0. The van der Waals surface area contributed by atoms with Crippen LogP contribution in [0.1, 0.15) is 16.1 Å². The first-order chi connectivity index (χ1) is 10.1. The summed E-state index contributed by atoms with van der Waals surface area (Å²) in [6.45, 7) is 0.532. The molecule has 0 saturated heterocycles. The molecule has 110 valence electrons. The Morgan fingerprint density at radius 2 is 2.29 bits per heavy atom. The molecule has 7 nitrogen and oxygen atoms in total. The van der Waals surface area contributed by atoms with Crippen LogP contribution in [-0.4, -0.2) is 29.4 Å². The van der Waals surface area contributed by atoms with Gasteiger partial charge < -0.3 is 10.6 Å². The molecule has 1 aromatic heterocycles. The second-order valence-electron chi connectivity index (χ2n) is 4.22. The number of carbonyl (C=O) groups excluding carboxylic acids is 1. The Bertz CT molecular complexity index is 643. The van der Waals surface area contributed by atoms with Gasteiger partial charge in [0.15, 0.2) is 0 Å². The molecule has 1 amide bonds. The van der Waals surface area contributed by atoms with Gasteiger partial charge in [-0.15, -0.1) is 11.3 Å². The van der Waals surface area contributed by atoms with E-state index in [0.717, 1.165) is 5.69 Å². The highest BCUT2D eigenvalue weighted by Gasteiger charge is 2.16. The first-order valence-electron chi connectivity index (χ1n) is 6.23. The minimum atomic E-state index is -0.502. The van der Waals surface area contributed by atoms with E-state index in [9.17, 15) is 14.9 Å². The lowest BCUT2D eigenvalue weighted by Crippen LogP contribution is -2.18. The van der Waals surface area contributed by atoms with Crippen molar-refractivity contribution in [3.63, 3.8) is 0 Å².